The molecule has 5 rings (SSSR count). The molecule has 180 valence electrons. The van der Waals surface area contributed by atoms with Crippen LogP contribution in [0.4, 0.5) is 10.5 Å². The lowest BCUT2D eigenvalue weighted by atomic mass is 10.2. The number of hydrogen-bond acceptors (Lipinski definition) is 5. The van der Waals surface area contributed by atoms with Crippen LogP contribution >= 0.6 is 23.4 Å². The maximum absolute atomic E-state index is 13.0. The first kappa shape index (κ1) is 23.7. The molecular formula is C27H26ClN3O3S. The van der Waals surface area contributed by atoms with E-state index in [0.29, 0.717) is 9.93 Å². The van der Waals surface area contributed by atoms with Gasteiger partial charge in [-0.05, 0) is 79.2 Å². The molecule has 2 aromatic carbocycles. The fourth-order valence-electron chi connectivity index (χ4n) is 4.54. The van der Waals surface area contributed by atoms with E-state index in [9.17, 15) is 9.59 Å². The van der Waals surface area contributed by atoms with Crippen LogP contribution < -0.4 is 4.90 Å². The molecule has 2 amide bonds. The number of hydrogen-bond donors (Lipinski definition) is 0. The largest absolute Gasteiger partial charge is 0.378 e. The lowest BCUT2D eigenvalue weighted by Crippen LogP contribution is -2.36. The average molecular weight is 508 g/mol. The van der Waals surface area contributed by atoms with Crippen molar-refractivity contribution in [1.29, 1.82) is 0 Å². The molecule has 0 unspecified atom stereocenters. The summed E-state index contributed by atoms with van der Waals surface area (Å²) in [5, 5.41) is 0.257. The Labute approximate surface area is 214 Å². The summed E-state index contributed by atoms with van der Waals surface area (Å²) in [5.41, 5.74) is 5.98. The number of nitrogens with zero attached hydrogens (tertiary/aromatic N) is 3. The highest BCUT2D eigenvalue weighted by Crippen LogP contribution is 2.35. The normalized spacial score (nSPS) is 17.6. The van der Waals surface area contributed by atoms with Crippen molar-refractivity contribution in [1.82, 2.24) is 9.47 Å². The predicted octanol–water partition coefficient (Wildman–Crippen LogP) is 5.82. The van der Waals surface area contributed by atoms with Crippen molar-refractivity contribution in [3.05, 3.63) is 87.0 Å². The van der Waals surface area contributed by atoms with Crippen molar-refractivity contribution in [2.75, 3.05) is 31.2 Å². The zero-order chi connectivity index (χ0) is 24.5. The van der Waals surface area contributed by atoms with E-state index < -0.39 is 0 Å². The first-order valence-corrected chi connectivity index (χ1v) is 12.7. The predicted molar refractivity (Wildman–Crippen MR) is 141 cm³/mol. The molecule has 3 heterocycles. The van der Waals surface area contributed by atoms with Crippen molar-refractivity contribution >= 4 is 46.3 Å². The molecule has 6 nitrogen and oxygen atoms in total. The van der Waals surface area contributed by atoms with Crippen LogP contribution in [0, 0.1) is 13.8 Å². The highest BCUT2D eigenvalue weighted by atomic mass is 35.5. The van der Waals surface area contributed by atoms with E-state index in [1.165, 1.54) is 10.6 Å². The summed E-state index contributed by atoms with van der Waals surface area (Å²) < 4.78 is 7.62. The van der Waals surface area contributed by atoms with E-state index in [0.717, 1.165) is 66.3 Å². The molecule has 2 saturated heterocycles. The number of thioether (sulfide) groups is 1. The van der Waals surface area contributed by atoms with E-state index >= 15 is 0 Å². The molecule has 0 saturated carbocycles. The second kappa shape index (κ2) is 9.93. The molecule has 3 aromatic rings. The van der Waals surface area contributed by atoms with Gasteiger partial charge in [0.1, 0.15) is 0 Å². The standard InChI is InChI=1S/C27H26ClN3O3S/c1-18-15-21(16-25-26(32)30(27(33)35-25)17-20-5-3-4-6-24(20)28)19(2)31(18)23-9-7-22(8-10-23)29-11-13-34-14-12-29/h3-10,15-16H,11-14,17H2,1-2H3/b25-16-. The quantitative estimate of drug-likeness (QED) is 0.407. The van der Waals surface area contributed by atoms with Crippen LogP contribution in [0.15, 0.2) is 59.5 Å². The van der Waals surface area contributed by atoms with E-state index in [-0.39, 0.29) is 17.7 Å². The van der Waals surface area contributed by atoms with Gasteiger partial charge in [0.05, 0.1) is 24.7 Å². The summed E-state index contributed by atoms with van der Waals surface area (Å²) in [6.45, 7) is 7.55. The lowest BCUT2D eigenvalue weighted by Gasteiger charge is -2.29. The number of anilines is 1. The summed E-state index contributed by atoms with van der Waals surface area (Å²) in [6.07, 6.45) is 1.82. The minimum atomic E-state index is -0.292. The first-order chi connectivity index (χ1) is 16.9. The number of carbonyl (C=O) groups is 2. The van der Waals surface area contributed by atoms with Gasteiger partial charge in [-0.25, -0.2) is 0 Å². The van der Waals surface area contributed by atoms with Crippen molar-refractivity contribution < 1.29 is 14.3 Å². The minimum Gasteiger partial charge on any atom is -0.378 e. The molecule has 0 atom stereocenters. The summed E-state index contributed by atoms with van der Waals surface area (Å²) >= 11 is 7.21. The van der Waals surface area contributed by atoms with Gasteiger partial charge in [0.25, 0.3) is 11.1 Å². The van der Waals surface area contributed by atoms with Crippen molar-refractivity contribution in [3.8, 4) is 5.69 Å². The summed E-state index contributed by atoms with van der Waals surface area (Å²) in [4.78, 5) is 29.7. The zero-order valence-corrected chi connectivity index (χ0v) is 21.2. The number of imide groups is 1. The maximum Gasteiger partial charge on any atom is 0.293 e. The Hall–Kier alpha value is -3.00. The smallest absolute Gasteiger partial charge is 0.293 e. The minimum absolute atomic E-state index is 0.163. The number of benzene rings is 2. The third-order valence-electron chi connectivity index (χ3n) is 6.40. The Bertz CT molecular complexity index is 1310. The monoisotopic (exact) mass is 507 g/mol. The van der Waals surface area contributed by atoms with E-state index in [1.807, 2.05) is 44.2 Å². The molecule has 35 heavy (non-hydrogen) atoms. The Morgan fingerprint density at radius 1 is 1.00 bits per heavy atom. The Balaban J connectivity index is 1.38. The van der Waals surface area contributed by atoms with E-state index in [4.69, 9.17) is 16.3 Å². The molecule has 0 aliphatic carbocycles. The third kappa shape index (κ3) is 4.76. The SMILES string of the molecule is Cc1cc(/C=C2\SC(=O)N(Cc3ccccc3Cl)C2=O)c(C)n1-c1ccc(N2CCOCC2)cc1. The van der Waals surface area contributed by atoms with Crippen molar-refractivity contribution in [2.24, 2.45) is 0 Å². The summed E-state index contributed by atoms with van der Waals surface area (Å²) in [5.74, 6) is -0.292. The van der Waals surface area contributed by atoms with Crippen LogP contribution in [0.2, 0.25) is 5.02 Å². The number of ether oxygens (including phenoxy) is 1. The van der Waals surface area contributed by atoms with Crippen LogP contribution in [-0.2, 0) is 16.1 Å². The van der Waals surface area contributed by atoms with Gasteiger partial charge < -0.3 is 14.2 Å². The van der Waals surface area contributed by atoms with Gasteiger partial charge in [0, 0.05) is 40.9 Å². The molecule has 2 aliphatic heterocycles. The number of aryl methyl sites for hydroxylation is 1. The topological polar surface area (TPSA) is 54.8 Å². The number of amides is 2. The third-order valence-corrected chi connectivity index (χ3v) is 7.68. The van der Waals surface area contributed by atoms with Gasteiger partial charge in [-0.1, -0.05) is 29.8 Å². The number of carbonyl (C=O) groups excluding carboxylic acids is 2. The molecule has 0 N–H and O–H groups in total. The first-order valence-electron chi connectivity index (χ1n) is 11.5. The average Bonchev–Trinajstić information content (AvgIpc) is 3.30. The molecule has 0 bridgehead atoms. The zero-order valence-electron chi connectivity index (χ0n) is 19.7. The Kier molecular flexibility index (Phi) is 6.73. The number of halogens is 1. The second-order valence-corrected chi connectivity index (χ2v) is 10.0. The lowest BCUT2D eigenvalue weighted by molar-refractivity contribution is -0.123. The molecule has 1 aromatic heterocycles. The molecule has 2 aliphatic rings. The highest BCUT2D eigenvalue weighted by molar-refractivity contribution is 8.18. The summed E-state index contributed by atoms with van der Waals surface area (Å²) in [6, 6.07) is 17.8. The van der Waals surface area contributed by atoms with Crippen LogP contribution in [-0.4, -0.2) is 46.9 Å². The van der Waals surface area contributed by atoms with Gasteiger partial charge in [-0.2, -0.15) is 0 Å². The van der Waals surface area contributed by atoms with Crippen molar-refractivity contribution in [3.63, 3.8) is 0 Å². The molecule has 0 radical (unpaired) electrons. The Morgan fingerprint density at radius 2 is 1.69 bits per heavy atom. The van der Waals surface area contributed by atoms with E-state index in [2.05, 4.69) is 33.7 Å². The molecule has 2 fully saturated rings. The van der Waals surface area contributed by atoms with Crippen LogP contribution in [0.5, 0.6) is 0 Å². The van der Waals surface area contributed by atoms with Crippen LogP contribution in [0.3, 0.4) is 0 Å². The van der Waals surface area contributed by atoms with Gasteiger partial charge in [0.2, 0.25) is 0 Å². The summed E-state index contributed by atoms with van der Waals surface area (Å²) in [7, 11) is 0. The number of rotatable bonds is 5. The fraction of sp³-hybridized carbons (Fsp3) is 0.259. The van der Waals surface area contributed by atoms with Gasteiger partial charge in [-0.3, -0.25) is 14.5 Å². The maximum atomic E-state index is 13.0. The van der Waals surface area contributed by atoms with Gasteiger partial charge in [-0.15, -0.1) is 0 Å². The molecule has 8 heteroatoms. The molecular weight excluding hydrogens is 482 g/mol. The van der Waals surface area contributed by atoms with Crippen molar-refractivity contribution in [2.45, 2.75) is 20.4 Å². The second-order valence-electron chi connectivity index (χ2n) is 8.64. The Morgan fingerprint density at radius 3 is 2.40 bits per heavy atom. The number of aromatic nitrogens is 1. The van der Waals surface area contributed by atoms with Gasteiger partial charge in [0.15, 0.2) is 0 Å². The van der Waals surface area contributed by atoms with Crippen LogP contribution in [0.25, 0.3) is 11.8 Å². The fourth-order valence-corrected chi connectivity index (χ4v) is 5.56. The highest BCUT2D eigenvalue weighted by Gasteiger charge is 2.35. The van der Waals surface area contributed by atoms with Crippen LogP contribution in [0.1, 0.15) is 22.5 Å². The van der Waals surface area contributed by atoms with Gasteiger partial charge >= 0.3 is 0 Å². The number of morpholine rings is 1. The molecule has 0 spiro atoms. The van der Waals surface area contributed by atoms with E-state index in [1.54, 1.807) is 6.07 Å².